The minimum atomic E-state index is -1.19. The van der Waals surface area contributed by atoms with Crippen molar-refractivity contribution < 1.29 is 10.2 Å². The highest BCUT2D eigenvalue weighted by atomic mass is 16.5. The molecule has 0 radical (unpaired) electrons. The molecule has 0 saturated carbocycles. The van der Waals surface area contributed by atoms with Crippen LogP contribution in [-0.2, 0) is 6.54 Å². The quantitative estimate of drug-likeness (QED) is 0.638. The summed E-state index contributed by atoms with van der Waals surface area (Å²) in [5.41, 5.74) is 1.12. The van der Waals surface area contributed by atoms with Crippen LogP contribution in [0.3, 0.4) is 0 Å². The second kappa shape index (κ2) is 4.23. The van der Waals surface area contributed by atoms with Crippen molar-refractivity contribution in [1.82, 2.24) is 9.78 Å². The number of rotatable bonds is 4. The van der Waals surface area contributed by atoms with Gasteiger partial charge in [0.05, 0.1) is 6.20 Å². The molecule has 12 heavy (non-hydrogen) atoms. The first-order chi connectivity index (χ1) is 5.68. The van der Waals surface area contributed by atoms with Gasteiger partial charge in [0.2, 0.25) is 0 Å². The molecule has 1 rings (SSSR count). The van der Waals surface area contributed by atoms with Crippen LogP contribution in [0.4, 0.5) is 0 Å². The maximum absolute atomic E-state index is 8.56. The Bertz CT molecular complexity index is 233. The molecule has 0 fully saturated rings. The van der Waals surface area contributed by atoms with Crippen LogP contribution in [0.1, 0.15) is 18.4 Å². The molecule has 0 aliphatic rings. The largest absolute Gasteiger partial charge is 0.368 e. The Balaban J connectivity index is 2.24. The molecular formula is C8H14N2O2. The molecule has 0 saturated heterocycles. The highest BCUT2D eigenvalue weighted by Crippen LogP contribution is 1.99. The van der Waals surface area contributed by atoms with Gasteiger partial charge in [0.25, 0.3) is 0 Å². The van der Waals surface area contributed by atoms with Crippen LogP contribution in [0.25, 0.3) is 0 Å². The zero-order chi connectivity index (χ0) is 8.97. The average Bonchev–Trinajstić information content (AvgIpc) is 2.35. The molecule has 0 unspecified atom stereocenters. The fourth-order valence-electron chi connectivity index (χ4n) is 1.03. The standard InChI is InChI=1S/C8H14N2O2/c1-7-5-9-10(6-7)4-2-3-8(11)12/h5-6,8,11-12H,2-4H2,1H3. The van der Waals surface area contributed by atoms with Gasteiger partial charge < -0.3 is 10.2 Å². The maximum Gasteiger partial charge on any atom is 0.151 e. The van der Waals surface area contributed by atoms with E-state index in [9.17, 15) is 0 Å². The zero-order valence-electron chi connectivity index (χ0n) is 7.14. The Labute approximate surface area is 71.5 Å². The molecule has 0 spiro atoms. The molecule has 0 atom stereocenters. The Morgan fingerprint density at radius 2 is 2.33 bits per heavy atom. The lowest BCUT2D eigenvalue weighted by Gasteiger charge is -2.02. The average molecular weight is 170 g/mol. The summed E-state index contributed by atoms with van der Waals surface area (Å²) in [6.07, 6.45) is 3.67. The van der Waals surface area contributed by atoms with E-state index >= 15 is 0 Å². The topological polar surface area (TPSA) is 58.3 Å². The van der Waals surface area contributed by atoms with E-state index in [1.54, 1.807) is 10.9 Å². The van der Waals surface area contributed by atoms with Crippen LogP contribution < -0.4 is 0 Å². The van der Waals surface area contributed by atoms with Gasteiger partial charge in [0.1, 0.15) is 0 Å². The first-order valence-corrected chi connectivity index (χ1v) is 4.03. The lowest BCUT2D eigenvalue weighted by Crippen LogP contribution is -2.06. The Morgan fingerprint density at radius 1 is 1.58 bits per heavy atom. The summed E-state index contributed by atoms with van der Waals surface area (Å²) in [6.45, 7) is 2.72. The molecule has 2 N–H and O–H groups in total. The number of aliphatic hydroxyl groups is 2. The number of aromatic nitrogens is 2. The lowest BCUT2D eigenvalue weighted by atomic mass is 10.3. The van der Waals surface area contributed by atoms with Crippen molar-refractivity contribution in [3.63, 3.8) is 0 Å². The SMILES string of the molecule is Cc1cnn(CCCC(O)O)c1. The third-order valence-corrected chi connectivity index (χ3v) is 1.61. The van der Waals surface area contributed by atoms with E-state index in [0.29, 0.717) is 6.42 Å². The normalized spacial score (nSPS) is 11.0. The molecular weight excluding hydrogens is 156 g/mol. The molecule has 1 aromatic rings. The van der Waals surface area contributed by atoms with Crippen LogP contribution in [-0.4, -0.2) is 26.3 Å². The van der Waals surface area contributed by atoms with Gasteiger partial charge >= 0.3 is 0 Å². The Hall–Kier alpha value is -0.870. The lowest BCUT2D eigenvalue weighted by molar-refractivity contribution is -0.0469. The number of aryl methyl sites for hydroxylation is 2. The van der Waals surface area contributed by atoms with E-state index in [1.165, 1.54) is 0 Å². The first kappa shape index (κ1) is 9.22. The first-order valence-electron chi connectivity index (χ1n) is 4.03. The summed E-state index contributed by atoms with van der Waals surface area (Å²) < 4.78 is 1.80. The van der Waals surface area contributed by atoms with Gasteiger partial charge in [-0.3, -0.25) is 4.68 Å². The van der Waals surface area contributed by atoms with Crippen LogP contribution in [0.15, 0.2) is 12.4 Å². The molecule has 1 aromatic heterocycles. The summed E-state index contributed by atoms with van der Waals surface area (Å²) in [7, 11) is 0. The molecule has 0 aliphatic heterocycles. The van der Waals surface area contributed by atoms with Crippen LogP contribution in [0.5, 0.6) is 0 Å². The molecule has 0 bridgehead atoms. The van der Waals surface area contributed by atoms with Gasteiger partial charge in [0, 0.05) is 12.7 Å². The van der Waals surface area contributed by atoms with E-state index in [0.717, 1.165) is 18.5 Å². The second-order valence-electron chi connectivity index (χ2n) is 2.90. The van der Waals surface area contributed by atoms with E-state index in [1.807, 2.05) is 13.1 Å². The fourth-order valence-corrected chi connectivity index (χ4v) is 1.03. The molecule has 0 aliphatic carbocycles. The number of hydrogen-bond acceptors (Lipinski definition) is 3. The maximum atomic E-state index is 8.56. The summed E-state index contributed by atoms with van der Waals surface area (Å²) >= 11 is 0. The predicted molar refractivity (Wildman–Crippen MR) is 44.4 cm³/mol. The summed E-state index contributed by atoms with van der Waals surface area (Å²) in [5.74, 6) is 0. The summed E-state index contributed by atoms with van der Waals surface area (Å²) in [6, 6.07) is 0. The monoisotopic (exact) mass is 170 g/mol. The molecule has 0 aromatic carbocycles. The predicted octanol–water partition coefficient (Wildman–Crippen LogP) is 0.282. The van der Waals surface area contributed by atoms with Gasteiger partial charge in [0.15, 0.2) is 6.29 Å². The molecule has 4 nitrogen and oxygen atoms in total. The third-order valence-electron chi connectivity index (χ3n) is 1.61. The fraction of sp³-hybridized carbons (Fsp3) is 0.625. The van der Waals surface area contributed by atoms with Gasteiger partial charge in [-0.1, -0.05) is 0 Å². The van der Waals surface area contributed by atoms with E-state index in [4.69, 9.17) is 10.2 Å². The number of aliphatic hydroxyl groups excluding tert-OH is 1. The van der Waals surface area contributed by atoms with Crippen molar-refractivity contribution >= 4 is 0 Å². The van der Waals surface area contributed by atoms with Crippen LogP contribution in [0.2, 0.25) is 0 Å². The second-order valence-corrected chi connectivity index (χ2v) is 2.90. The number of hydrogen-bond donors (Lipinski definition) is 2. The smallest absolute Gasteiger partial charge is 0.151 e. The van der Waals surface area contributed by atoms with Crippen molar-refractivity contribution in [1.29, 1.82) is 0 Å². The van der Waals surface area contributed by atoms with Gasteiger partial charge in [-0.2, -0.15) is 5.10 Å². The highest BCUT2D eigenvalue weighted by Gasteiger charge is 1.98. The number of nitrogens with zero attached hydrogens (tertiary/aromatic N) is 2. The van der Waals surface area contributed by atoms with Crippen molar-refractivity contribution in [3.8, 4) is 0 Å². The van der Waals surface area contributed by atoms with Gasteiger partial charge in [-0.15, -0.1) is 0 Å². The van der Waals surface area contributed by atoms with Gasteiger partial charge in [-0.25, -0.2) is 0 Å². The van der Waals surface area contributed by atoms with Gasteiger partial charge in [-0.05, 0) is 25.3 Å². The summed E-state index contributed by atoms with van der Waals surface area (Å²) in [5, 5.41) is 21.2. The molecule has 1 heterocycles. The third kappa shape index (κ3) is 3.02. The van der Waals surface area contributed by atoms with Crippen molar-refractivity contribution in [2.24, 2.45) is 0 Å². The van der Waals surface area contributed by atoms with Crippen molar-refractivity contribution in [2.75, 3.05) is 0 Å². The van der Waals surface area contributed by atoms with Crippen molar-refractivity contribution in [2.45, 2.75) is 32.6 Å². The molecule has 0 amide bonds. The van der Waals surface area contributed by atoms with E-state index in [-0.39, 0.29) is 0 Å². The minimum Gasteiger partial charge on any atom is -0.368 e. The Morgan fingerprint density at radius 3 is 2.83 bits per heavy atom. The molecule has 68 valence electrons. The Kier molecular flexibility index (Phi) is 3.25. The zero-order valence-corrected chi connectivity index (χ0v) is 7.14. The minimum absolute atomic E-state index is 0.402. The highest BCUT2D eigenvalue weighted by molar-refractivity contribution is 4.99. The van der Waals surface area contributed by atoms with Crippen LogP contribution in [0, 0.1) is 6.92 Å². The molecule has 4 heteroatoms. The van der Waals surface area contributed by atoms with E-state index in [2.05, 4.69) is 5.10 Å². The van der Waals surface area contributed by atoms with Crippen LogP contribution >= 0.6 is 0 Å². The van der Waals surface area contributed by atoms with Crippen molar-refractivity contribution in [3.05, 3.63) is 18.0 Å². The van der Waals surface area contributed by atoms with E-state index < -0.39 is 6.29 Å². The summed E-state index contributed by atoms with van der Waals surface area (Å²) in [4.78, 5) is 0.